The van der Waals surface area contributed by atoms with Crippen LogP contribution in [0.5, 0.6) is 0 Å². The molecule has 2 aliphatic rings. The first-order chi connectivity index (χ1) is 13.4. The highest BCUT2D eigenvalue weighted by atomic mass is 16.2. The molecule has 7 nitrogen and oxygen atoms in total. The lowest BCUT2D eigenvalue weighted by Gasteiger charge is -2.35. The van der Waals surface area contributed by atoms with E-state index in [1.807, 2.05) is 41.0 Å². The molecule has 0 saturated carbocycles. The van der Waals surface area contributed by atoms with Gasteiger partial charge in [-0.25, -0.2) is 4.79 Å². The Morgan fingerprint density at radius 2 is 1.79 bits per heavy atom. The van der Waals surface area contributed by atoms with Gasteiger partial charge < -0.3 is 20.4 Å². The van der Waals surface area contributed by atoms with Gasteiger partial charge >= 0.3 is 6.03 Å². The van der Waals surface area contributed by atoms with Crippen LogP contribution in [0.25, 0.3) is 0 Å². The summed E-state index contributed by atoms with van der Waals surface area (Å²) in [4.78, 5) is 40.4. The van der Waals surface area contributed by atoms with Crippen molar-refractivity contribution in [3.8, 4) is 0 Å². The second-order valence-corrected chi connectivity index (χ2v) is 7.80. The van der Waals surface area contributed by atoms with E-state index in [4.69, 9.17) is 0 Å². The molecule has 0 aliphatic carbocycles. The number of carbonyl (C=O) groups is 3. The van der Waals surface area contributed by atoms with Crippen molar-refractivity contribution in [2.45, 2.75) is 45.6 Å². The minimum Gasteiger partial charge on any atom is -0.349 e. The first kappa shape index (κ1) is 20.2. The summed E-state index contributed by atoms with van der Waals surface area (Å²) >= 11 is 0. The fourth-order valence-electron chi connectivity index (χ4n) is 3.98. The van der Waals surface area contributed by atoms with E-state index in [0.29, 0.717) is 12.2 Å². The molecule has 2 atom stereocenters. The van der Waals surface area contributed by atoms with Gasteiger partial charge in [0.2, 0.25) is 11.8 Å². The number of nitrogens with one attached hydrogen (secondary N) is 2. The van der Waals surface area contributed by atoms with E-state index in [1.165, 1.54) is 6.92 Å². The second kappa shape index (κ2) is 9.08. The fourth-order valence-corrected chi connectivity index (χ4v) is 3.98. The molecule has 7 heteroatoms. The average molecular weight is 386 g/mol. The Morgan fingerprint density at radius 1 is 1.07 bits per heavy atom. The zero-order valence-electron chi connectivity index (χ0n) is 16.7. The molecule has 2 fully saturated rings. The van der Waals surface area contributed by atoms with E-state index in [1.54, 1.807) is 0 Å². The van der Waals surface area contributed by atoms with Crippen LogP contribution in [0, 0.1) is 5.92 Å². The highest BCUT2D eigenvalue weighted by Crippen LogP contribution is 2.22. The van der Waals surface area contributed by atoms with Crippen molar-refractivity contribution in [1.82, 2.24) is 15.1 Å². The van der Waals surface area contributed by atoms with Gasteiger partial charge in [-0.1, -0.05) is 12.1 Å². The summed E-state index contributed by atoms with van der Waals surface area (Å²) in [6.45, 7) is 6.27. The number of benzene rings is 1. The maximum atomic E-state index is 12.8. The van der Waals surface area contributed by atoms with Gasteiger partial charge in [-0.2, -0.15) is 0 Å². The maximum Gasteiger partial charge on any atom is 0.320 e. The molecule has 0 unspecified atom stereocenters. The Balaban J connectivity index is 1.57. The van der Waals surface area contributed by atoms with Gasteiger partial charge in [0.25, 0.3) is 0 Å². The molecular weight excluding hydrogens is 356 g/mol. The summed E-state index contributed by atoms with van der Waals surface area (Å²) in [5, 5.41) is 5.83. The van der Waals surface area contributed by atoms with Crippen LogP contribution in [0.2, 0.25) is 0 Å². The zero-order chi connectivity index (χ0) is 20.1. The monoisotopic (exact) mass is 386 g/mol. The van der Waals surface area contributed by atoms with Crippen LogP contribution in [0.3, 0.4) is 0 Å². The van der Waals surface area contributed by atoms with Crippen LogP contribution in [0.4, 0.5) is 10.5 Å². The third-order valence-corrected chi connectivity index (χ3v) is 5.51. The van der Waals surface area contributed by atoms with E-state index in [9.17, 15) is 14.4 Å². The van der Waals surface area contributed by atoms with Crippen LogP contribution in [-0.4, -0.2) is 53.8 Å². The van der Waals surface area contributed by atoms with E-state index < -0.39 is 0 Å². The number of likely N-dealkylation sites (tertiary alicyclic amines) is 2. The van der Waals surface area contributed by atoms with E-state index in [-0.39, 0.29) is 29.8 Å². The predicted molar refractivity (Wildman–Crippen MR) is 108 cm³/mol. The molecule has 1 aromatic carbocycles. The van der Waals surface area contributed by atoms with Crippen molar-refractivity contribution >= 4 is 23.5 Å². The molecular formula is C21H30N4O3. The first-order valence-corrected chi connectivity index (χ1v) is 10.2. The minimum atomic E-state index is -0.179. The third kappa shape index (κ3) is 5.03. The van der Waals surface area contributed by atoms with Crippen molar-refractivity contribution in [1.29, 1.82) is 0 Å². The van der Waals surface area contributed by atoms with Gasteiger partial charge in [0.1, 0.15) is 0 Å². The normalized spacial score (nSPS) is 20.6. The molecule has 2 N–H and O–H groups in total. The molecule has 0 radical (unpaired) electrons. The largest absolute Gasteiger partial charge is 0.349 e. The van der Waals surface area contributed by atoms with Crippen molar-refractivity contribution in [2.24, 2.45) is 5.92 Å². The Labute approximate surface area is 166 Å². The lowest BCUT2D eigenvalue weighted by molar-refractivity contribution is -0.127. The van der Waals surface area contributed by atoms with Gasteiger partial charge in [0, 0.05) is 38.8 Å². The minimum absolute atomic E-state index is 0.0173. The van der Waals surface area contributed by atoms with Gasteiger partial charge in [-0.15, -0.1) is 0 Å². The molecule has 0 aromatic heterocycles. The second-order valence-electron chi connectivity index (χ2n) is 7.80. The van der Waals surface area contributed by atoms with Crippen LogP contribution in [0.15, 0.2) is 24.3 Å². The van der Waals surface area contributed by atoms with Crippen LogP contribution < -0.4 is 10.6 Å². The lowest BCUT2D eigenvalue weighted by Crippen LogP contribution is -2.49. The topological polar surface area (TPSA) is 81.8 Å². The number of hydrogen-bond donors (Lipinski definition) is 2. The Kier molecular flexibility index (Phi) is 6.54. The predicted octanol–water partition coefficient (Wildman–Crippen LogP) is 2.75. The Bertz CT molecular complexity index is 730. The maximum absolute atomic E-state index is 12.8. The van der Waals surface area contributed by atoms with Crippen LogP contribution in [-0.2, 0) is 9.59 Å². The quantitative estimate of drug-likeness (QED) is 0.835. The molecule has 2 saturated heterocycles. The summed E-state index contributed by atoms with van der Waals surface area (Å²) < 4.78 is 0. The molecule has 2 aliphatic heterocycles. The summed E-state index contributed by atoms with van der Waals surface area (Å²) in [5.74, 6) is -0.323. The lowest BCUT2D eigenvalue weighted by atomic mass is 9.96. The van der Waals surface area contributed by atoms with Crippen LogP contribution >= 0.6 is 0 Å². The van der Waals surface area contributed by atoms with Crippen molar-refractivity contribution < 1.29 is 14.4 Å². The van der Waals surface area contributed by atoms with Gasteiger partial charge in [-0.05, 0) is 50.3 Å². The molecule has 4 amide bonds. The Hall–Kier alpha value is -2.57. The molecule has 0 bridgehead atoms. The number of nitrogens with zero attached hydrogens (tertiary/aromatic N) is 2. The fraction of sp³-hybridized carbons (Fsp3) is 0.571. The number of rotatable bonds is 4. The molecule has 3 rings (SSSR count). The molecule has 1 aromatic rings. The van der Waals surface area contributed by atoms with E-state index >= 15 is 0 Å². The van der Waals surface area contributed by atoms with Gasteiger partial charge in [-0.3, -0.25) is 9.59 Å². The highest BCUT2D eigenvalue weighted by Gasteiger charge is 2.32. The van der Waals surface area contributed by atoms with Crippen LogP contribution in [0.1, 0.15) is 51.1 Å². The average Bonchev–Trinajstić information content (AvgIpc) is 3.22. The summed E-state index contributed by atoms with van der Waals surface area (Å²) in [6, 6.07) is 7.39. The van der Waals surface area contributed by atoms with E-state index in [0.717, 1.165) is 50.9 Å². The number of urea groups is 1. The number of hydrogen-bond acceptors (Lipinski definition) is 3. The SMILES string of the molecule is CC(=O)Nc1cccc([C@H](C)NC(=O)[C@H]2CCCN(C(=O)N3CCCC3)C2)c1. The van der Waals surface area contributed by atoms with Crippen molar-refractivity contribution in [3.63, 3.8) is 0 Å². The van der Waals surface area contributed by atoms with Gasteiger partial charge in [0.05, 0.1) is 12.0 Å². The third-order valence-electron chi connectivity index (χ3n) is 5.51. The summed E-state index contributed by atoms with van der Waals surface area (Å²) in [7, 11) is 0. The number of amides is 4. The van der Waals surface area contributed by atoms with Crippen molar-refractivity contribution in [3.05, 3.63) is 29.8 Å². The number of carbonyl (C=O) groups excluding carboxylic acids is 3. The van der Waals surface area contributed by atoms with Crippen molar-refractivity contribution in [2.75, 3.05) is 31.5 Å². The number of piperidine rings is 1. The number of anilines is 1. The molecule has 152 valence electrons. The molecule has 2 heterocycles. The van der Waals surface area contributed by atoms with Gasteiger partial charge in [0.15, 0.2) is 0 Å². The summed E-state index contributed by atoms with van der Waals surface area (Å²) in [5.41, 5.74) is 1.64. The first-order valence-electron chi connectivity index (χ1n) is 10.2. The highest BCUT2D eigenvalue weighted by molar-refractivity contribution is 5.88. The smallest absolute Gasteiger partial charge is 0.320 e. The summed E-state index contributed by atoms with van der Waals surface area (Å²) in [6.07, 6.45) is 3.79. The van der Waals surface area contributed by atoms with E-state index in [2.05, 4.69) is 10.6 Å². The zero-order valence-corrected chi connectivity index (χ0v) is 16.7. The Morgan fingerprint density at radius 3 is 2.50 bits per heavy atom. The molecule has 28 heavy (non-hydrogen) atoms. The standard InChI is InChI=1S/C21H30N4O3/c1-15(17-7-5-9-19(13-17)23-16(2)26)22-20(27)18-8-6-12-25(14-18)21(28)24-10-3-4-11-24/h5,7,9,13,15,18H,3-4,6,8,10-12,14H2,1-2H3,(H,22,27)(H,23,26)/t15-,18-/m0/s1. The molecule has 0 spiro atoms.